The Morgan fingerprint density at radius 1 is 1.08 bits per heavy atom. The molecule has 0 amide bonds. The first-order chi connectivity index (χ1) is 5.72. The molecule has 0 N–H and O–H groups in total. The highest BCUT2D eigenvalue weighted by molar-refractivity contribution is 4.74. The molecule has 72 valence electrons. The molecule has 2 saturated heterocycles. The van der Waals surface area contributed by atoms with Gasteiger partial charge in [0.15, 0.2) is 0 Å². The van der Waals surface area contributed by atoms with E-state index in [1.165, 1.54) is 39.0 Å². The van der Waals surface area contributed by atoms with E-state index >= 15 is 0 Å². The summed E-state index contributed by atoms with van der Waals surface area (Å²) in [5.41, 5.74) is 0. The zero-order valence-electron chi connectivity index (χ0n) is 8.71. The van der Waals surface area contributed by atoms with Gasteiger partial charge in [-0.1, -0.05) is 13.3 Å². The summed E-state index contributed by atoms with van der Waals surface area (Å²) in [6, 6.07) is 0. The summed E-state index contributed by atoms with van der Waals surface area (Å²) in [4.78, 5) is 4.66. The minimum Gasteiger partial charge on any atom is -0.306 e. The lowest BCUT2D eigenvalue weighted by Crippen LogP contribution is -2.42. The van der Waals surface area contributed by atoms with E-state index in [0.29, 0.717) is 0 Å². The molecule has 2 aliphatic heterocycles. The van der Waals surface area contributed by atoms with E-state index in [1.54, 1.807) is 0 Å². The molecular weight excluding hydrogens is 148 g/mol. The van der Waals surface area contributed by atoms with Gasteiger partial charge in [-0.05, 0) is 39.5 Å². The molecule has 0 spiro atoms. The molecule has 0 atom stereocenters. The zero-order chi connectivity index (χ0) is 8.97. The normalized spacial score (nSPS) is 25.2. The maximum atomic E-state index is 2.36. The topological polar surface area (TPSA) is 6.48 Å². The highest BCUT2D eigenvalue weighted by Crippen LogP contribution is 2.14. The van der Waals surface area contributed by atoms with Crippen molar-refractivity contribution in [3.8, 4) is 0 Å². The van der Waals surface area contributed by atoms with Crippen LogP contribution in [0.4, 0.5) is 0 Å². The number of likely N-dealkylation sites (tertiary alicyclic amines) is 2. The average molecular weight is 170 g/mol. The fraction of sp³-hybridized carbons (Fsp3) is 1.00. The minimum absolute atomic E-state index is 1.02. The third-order valence-electron chi connectivity index (χ3n) is 2.80. The van der Waals surface area contributed by atoms with Gasteiger partial charge in [0, 0.05) is 13.1 Å². The van der Waals surface area contributed by atoms with Crippen molar-refractivity contribution in [3.63, 3.8) is 0 Å². The second kappa shape index (κ2) is 4.83. The van der Waals surface area contributed by atoms with Gasteiger partial charge in [0.1, 0.15) is 0 Å². The SMILES string of the molecule is CCC1CN(C)C1.CN1CCC1. The highest BCUT2D eigenvalue weighted by Gasteiger charge is 2.19. The summed E-state index contributed by atoms with van der Waals surface area (Å²) in [7, 11) is 4.32. The Morgan fingerprint density at radius 2 is 1.58 bits per heavy atom. The first-order valence-corrected chi connectivity index (χ1v) is 5.09. The minimum atomic E-state index is 1.02. The molecule has 2 aliphatic rings. The van der Waals surface area contributed by atoms with Crippen LogP contribution < -0.4 is 0 Å². The Hall–Kier alpha value is -0.0800. The Bertz CT molecular complexity index is 115. The molecule has 0 aromatic heterocycles. The molecule has 0 aromatic carbocycles. The van der Waals surface area contributed by atoms with Gasteiger partial charge in [0.25, 0.3) is 0 Å². The molecule has 2 rings (SSSR count). The van der Waals surface area contributed by atoms with Gasteiger partial charge in [-0.25, -0.2) is 0 Å². The van der Waals surface area contributed by atoms with Crippen molar-refractivity contribution in [2.75, 3.05) is 40.3 Å². The largest absolute Gasteiger partial charge is 0.306 e. The van der Waals surface area contributed by atoms with Gasteiger partial charge < -0.3 is 9.80 Å². The van der Waals surface area contributed by atoms with E-state index in [0.717, 1.165) is 5.92 Å². The van der Waals surface area contributed by atoms with Crippen molar-refractivity contribution in [1.82, 2.24) is 9.80 Å². The molecule has 0 bridgehead atoms. The number of hydrogen-bond acceptors (Lipinski definition) is 2. The second-order valence-electron chi connectivity index (χ2n) is 4.15. The number of rotatable bonds is 1. The molecule has 2 nitrogen and oxygen atoms in total. The van der Waals surface area contributed by atoms with E-state index in [1.807, 2.05) is 0 Å². The highest BCUT2D eigenvalue weighted by atomic mass is 15.2. The maximum Gasteiger partial charge on any atom is 0.00189 e. The van der Waals surface area contributed by atoms with Crippen LogP contribution >= 0.6 is 0 Å². The van der Waals surface area contributed by atoms with E-state index in [4.69, 9.17) is 0 Å². The van der Waals surface area contributed by atoms with Crippen molar-refractivity contribution in [3.05, 3.63) is 0 Å². The lowest BCUT2D eigenvalue weighted by molar-refractivity contribution is 0.131. The zero-order valence-corrected chi connectivity index (χ0v) is 8.71. The van der Waals surface area contributed by atoms with Crippen LogP contribution in [0.2, 0.25) is 0 Å². The van der Waals surface area contributed by atoms with Crippen molar-refractivity contribution < 1.29 is 0 Å². The summed E-state index contributed by atoms with van der Waals surface area (Å²) in [5, 5.41) is 0. The van der Waals surface area contributed by atoms with Crippen LogP contribution in [0.25, 0.3) is 0 Å². The molecule has 2 heterocycles. The van der Waals surface area contributed by atoms with Crippen molar-refractivity contribution >= 4 is 0 Å². The van der Waals surface area contributed by atoms with Crippen molar-refractivity contribution in [2.24, 2.45) is 5.92 Å². The lowest BCUT2D eigenvalue weighted by Gasteiger charge is -2.35. The number of hydrogen-bond donors (Lipinski definition) is 0. The predicted octanol–water partition coefficient (Wildman–Crippen LogP) is 1.28. The fourth-order valence-corrected chi connectivity index (χ4v) is 1.56. The van der Waals surface area contributed by atoms with Gasteiger partial charge in [0.05, 0.1) is 0 Å². The summed E-state index contributed by atoms with van der Waals surface area (Å²) in [6.07, 6.45) is 2.78. The van der Waals surface area contributed by atoms with Crippen molar-refractivity contribution in [2.45, 2.75) is 19.8 Å². The summed E-state index contributed by atoms with van der Waals surface area (Å²) in [6.45, 7) is 7.56. The molecule has 2 heteroatoms. The van der Waals surface area contributed by atoms with Crippen LogP contribution in [0.1, 0.15) is 19.8 Å². The molecule has 0 aliphatic carbocycles. The smallest absolute Gasteiger partial charge is 0.00189 e. The van der Waals surface area contributed by atoms with Crippen LogP contribution in [0, 0.1) is 5.92 Å². The van der Waals surface area contributed by atoms with E-state index in [2.05, 4.69) is 30.8 Å². The third kappa shape index (κ3) is 3.11. The van der Waals surface area contributed by atoms with Gasteiger partial charge in [-0.2, -0.15) is 0 Å². The summed E-state index contributed by atoms with van der Waals surface area (Å²) in [5.74, 6) is 1.02. The van der Waals surface area contributed by atoms with Crippen LogP contribution in [0.3, 0.4) is 0 Å². The van der Waals surface area contributed by atoms with Crippen LogP contribution in [-0.2, 0) is 0 Å². The Labute approximate surface area is 76.5 Å². The Kier molecular flexibility index (Phi) is 4.02. The van der Waals surface area contributed by atoms with E-state index < -0.39 is 0 Å². The quantitative estimate of drug-likeness (QED) is 0.585. The molecule has 0 saturated carbocycles. The second-order valence-corrected chi connectivity index (χ2v) is 4.15. The van der Waals surface area contributed by atoms with Crippen molar-refractivity contribution in [1.29, 1.82) is 0 Å². The van der Waals surface area contributed by atoms with Gasteiger partial charge in [-0.3, -0.25) is 0 Å². The number of nitrogens with zero attached hydrogens (tertiary/aromatic N) is 2. The van der Waals surface area contributed by atoms with Crippen LogP contribution in [0.5, 0.6) is 0 Å². The van der Waals surface area contributed by atoms with Gasteiger partial charge >= 0.3 is 0 Å². The first kappa shape index (κ1) is 10.0. The molecule has 0 unspecified atom stereocenters. The van der Waals surface area contributed by atoms with Gasteiger partial charge in [-0.15, -0.1) is 0 Å². The van der Waals surface area contributed by atoms with Crippen LogP contribution in [0.15, 0.2) is 0 Å². The summed E-state index contributed by atoms with van der Waals surface area (Å²) >= 11 is 0. The standard InChI is InChI=1S/C6H13N.C4H9N/c1-3-6-4-7(2)5-6;1-5-3-2-4-5/h6H,3-5H2,1-2H3;2-4H2,1H3. The maximum absolute atomic E-state index is 2.36. The molecule has 0 aromatic rings. The molecular formula is C10H22N2. The Balaban J connectivity index is 0.000000127. The first-order valence-electron chi connectivity index (χ1n) is 5.09. The monoisotopic (exact) mass is 170 g/mol. The predicted molar refractivity (Wildman–Crippen MR) is 53.4 cm³/mol. The van der Waals surface area contributed by atoms with Gasteiger partial charge in [0.2, 0.25) is 0 Å². The molecule has 12 heavy (non-hydrogen) atoms. The Morgan fingerprint density at radius 3 is 1.67 bits per heavy atom. The third-order valence-corrected chi connectivity index (χ3v) is 2.80. The lowest BCUT2D eigenvalue weighted by atomic mass is 9.99. The van der Waals surface area contributed by atoms with E-state index in [9.17, 15) is 0 Å². The van der Waals surface area contributed by atoms with E-state index in [-0.39, 0.29) is 0 Å². The summed E-state index contributed by atoms with van der Waals surface area (Å²) < 4.78 is 0. The molecule has 0 radical (unpaired) electrons. The fourth-order valence-electron chi connectivity index (χ4n) is 1.56. The average Bonchev–Trinajstić information content (AvgIpc) is 1.96. The van der Waals surface area contributed by atoms with Crippen LogP contribution in [-0.4, -0.2) is 50.1 Å². The molecule has 2 fully saturated rings.